The molecule has 0 saturated carbocycles. The van der Waals surface area contributed by atoms with Gasteiger partial charge in [0.1, 0.15) is 0 Å². The molecule has 2 fully saturated rings. The van der Waals surface area contributed by atoms with Crippen molar-refractivity contribution < 1.29 is 25.5 Å². The van der Waals surface area contributed by atoms with E-state index in [-0.39, 0.29) is 11.1 Å². The average molecular weight is 499 g/mol. The van der Waals surface area contributed by atoms with Gasteiger partial charge < -0.3 is 0 Å². The third-order valence-electron chi connectivity index (χ3n) is 4.91. The number of quaternary nitrogens is 1. The van der Waals surface area contributed by atoms with E-state index in [1.165, 1.54) is 13.2 Å². The van der Waals surface area contributed by atoms with Crippen LogP contribution in [0.3, 0.4) is 0 Å². The summed E-state index contributed by atoms with van der Waals surface area (Å²) in [6, 6.07) is -0.565. The molecule has 0 aromatic heterocycles. The van der Waals surface area contributed by atoms with Gasteiger partial charge in [0.15, 0.2) is 0 Å². The summed E-state index contributed by atoms with van der Waals surface area (Å²) in [5, 5.41) is 0. The second kappa shape index (κ2) is 7.27. The number of hydrogen-bond donors (Lipinski definition) is 1. The predicted molar refractivity (Wildman–Crippen MR) is 113 cm³/mol. The fraction of sp³-hybridized carbons (Fsp3) is 0.789. The maximum atomic E-state index is 12.9. The number of carbonyl (C=O) groups excluding carboxylic acids is 2. The van der Waals surface area contributed by atoms with Gasteiger partial charge in [0.25, 0.3) is 0 Å². The van der Waals surface area contributed by atoms with Crippen molar-refractivity contribution in [3.63, 3.8) is 0 Å². The van der Waals surface area contributed by atoms with Crippen LogP contribution in [0.25, 0.3) is 0 Å². The molecular formula is C19H36IN2O5+. The van der Waals surface area contributed by atoms with Gasteiger partial charge >= 0.3 is 165 Å². The van der Waals surface area contributed by atoms with Crippen LogP contribution in [0.4, 0.5) is 0 Å². The zero-order chi connectivity index (χ0) is 20.7. The minimum atomic E-state index is -4.80. The van der Waals surface area contributed by atoms with Gasteiger partial charge in [0.2, 0.25) is 0 Å². The molecule has 8 heteroatoms. The summed E-state index contributed by atoms with van der Waals surface area (Å²) in [5.41, 5.74) is 1.12. The second-order valence-corrected chi connectivity index (χ2v) is 19.9. The van der Waals surface area contributed by atoms with Gasteiger partial charge in [0.05, 0.1) is 0 Å². The Kier molecular flexibility index (Phi) is 6.08. The first-order chi connectivity index (χ1) is 12.1. The number of alkyl halides is 2. The van der Waals surface area contributed by atoms with Crippen molar-refractivity contribution in [3.8, 4) is 0 Å². The summed E-state index contributed by atoms with van der Waals surface area (Å²) in [4.78, 5) is 33.6. The fourth-order valence-electron chi connectivity index (χ4n) is 3.94. The van der Waals surface area contributed by atoms with Gasteiger partial charge in [-0.1, -0.05) is 0 Å². The van der Waals surface area contributed by atoms with Crippen LogP contribution < -0.4 is 0 Å². The number of fused-ring (bicyclic) bond motifs is 1. The average Bonchev–Trinajstić information content (AvgIpc) is 2.77. The summed E-state index contributed by atoms with van der Waals surface area (Å²) >= 11 is -4.80. The topological polar surface area (TPSA) is 76.1 Å². The summed E-state index contributed by atoms with van der Waals surface area (Å²) in [7, 11) is 0. The van der Waals surface area contributed by atoms with Gasteiger partial charge in [0, 0.05) is 0 Å². The van der Waals surface area contributed by atoms with E-state index >= 15 is 0 Å². The molecule has 7 nitrogen and oxygen atoms in total. The van der Waals surface area contributed by atoms with E-state index in [0.717, 1.165) is 31.3 Å². The Morgan fingerprint density at radius 3 is 2.48 bits per heavy atom. The van der Waals surface area contributed by atoms with Crippen LogP contribution in [0.15, 0.2) is 12.2 Å². The molecule has 0 aromatic carbocycles. The standard InChI is InChI=1S/C19H36IN2O5/c1-15(2)13-22-14-17(23)27-21(22)20(6,7,25)26-18(24)16(22)11-9-8-10-12-19(3,4)5/h16,25H,1,8-14H2,2-7H3/q+1/t16?,22-/m1/s1. The Morgan fingerprint density at radius 1 is 1.30 bits per heavy atom. The van der Waals surface area contributed by atoms with Crippen LogP contribution in [-0.2, 0) is 17.5 Å². The molecule has 1 N–H and O–H groups in total. The molecule has 2 aliphatic rings. The van der Waals surface area contributed by atoms with Crippen molar-refractivity contribution in [1.82, 2.24) is 3.39 Å². The fourth-order valence-corrected chi connectivity index (χ4v) is 9.50. The zero-order valence-corrected chi connectivity index (χ0v) is 19.7. The molecule has 27 heavy (non-hydrogen) atoms. The molecular weight excluding hydrogens is 463 g/mol. The van der Waals surface area contributed by atoms with Gasteiger partial charge in [-0.2, -0.15) is 0 Å². The van der Waals surface area contributed by atoms with Crippen molar-refractivity contribution in [3.05, 3.63) is 12.2 Å². The van der Waals surface area contributed by atoms with E-state index in [9.17, 15) is 13.0 Å². The van der Waals surface area contributed by atoms with Crippen molar-refractivity contribution in [2.75, 3.05) is 23.0 Å². The zero-order valence-electron chi connectivity index (χ0n) is 17.6. The molecule has 2 rings (SSSR count). The minimum absolute atomic E-state index is 0.0225. The Morgan fingerprint density at radius 2 is 1.93 bits per heavy atom. The van der Waals surface area contributed by atoms with Crippen LogP contribution >= 0.6 is 18.2 Å². The predicted octanol–water partition coefficient (Wildman–Crippen LogP) is 3.56. The normalized spacial score (nSPS) is 31.4. The molecule has 158 valence electrons. The maximum absolute atomic E-state index is 12.9. The van der Waals surface area contributed by atoms with Gasteiger partial charge in [-0.25, -0.2) is 0 Å². The van der Waals surface area contributed by atoms with E-state index in [2.05, 4.69) is 27.4 Å². The Hall–Kier alpha value is -0.710. The van der Waals surface area contributed by atoms with E-state index in [0.29, 0.717) is 18.4 Å². The van der Waals surface area contributed by atoms with Crippen molar-refractivity contribution in [2.45, 2.75) is 65.8 Å². The van der Waals surface area contributed by atoms with E-state index < -0.39 is 36.1 Å². The summed E-state index contributed by atoms with van der Waals surface area (Å²) in [6.45, 7) is 12.9. The van der Waals surface area contributed by atoms with Gasteiger partial charge in [-0.3, -0.25) is 0 Å². The third-order valence-corrected chi connectivity index (χ3v) is 10.0. The number of halogens is 1. The molecule has 2 atom stereocenters. The van der Waals surface area contributed by atoms with E-state index in [4.69, 9.17) is 7.90 Å². The Labute approximate surface area is 165 Å². The molecule has 2 aliphatic heterocycles. The summed E-state index contributed by atoms with van der Waals surface area (Å²) < 4.78 is 18.0. The van der Waals surface area contributed by atoms with Crippen LogP contribution in [0.2, 0.25) is 0 Å². The first-order valence-electron chi connectivity index (χ1n) is 9.45. The molecule has 2 heterocycles. The second-order valence-electron chi connectivity index (χ2n) is 9.60. The molecule has 0 spiro atoms. The number of hydrogen-bond acceptors (Lipinski definition) is 6. The number of nitrogens with zero attached hydrogens (tertiary/aromatic N) is 2. The number of carbonyl (C=O) groups is 2. The van der Waals surface area contributed by atoms with Crippen LogP contribution in [0, 0.1) is 5.41 Å². The Bertz CT molecular complexity index is 634. The van der Waals surface area contributed by atoms with E-state index in [1.54, 1.807) is 0 Å². The molecule has 0 bridgehead atoms. The van der Waals surface area contributed by atoms with Crippen molar-refractivity contribution in [1.29, 1.82) is 0 Å². The monoisotopic (exact) mass is 499 g/mol. The van der Waals surface area contributed by atoms with Crippen LogP contribution in [0.5, 0.6) is 0 Å². The van der Waals surface area contributed by atoms with E-state index in [1.807, 2.05) is 6.92 Å². The third kappa shape index (κ3) is 5.02. The SMILES string of the molecule is C=C(C)C[N@+]12CC(=O)ON1I(C)(C)(O)OC(=O)C2CCCCCC(C)(C)C. The molecule has 0 amide bonds. The molecule has 2 saturated heterocycles. The van der Waals surface area contributed by atoms with Crippen molar-refractivity contribution in [2.24, 2.45) is 5.41 Å². The summed E-state index contributed by atoms with van der Waals surface area (Å²) in [6.07, 6.45) is 4.67. The summed E-state index contributed by atoms with van der Waals surface area (Å²) in [5.74, 6) is -0.873. The molecule has 1 unspecified atom stereocenters. The molecule has 0 aliphatic carbocycles. The molecule has 0 aromatic rings. The van der Waals surface area contributed by atoms with Crippen LogP contribution in [-0.4, -0.2) is 52.3 Å². The Balaban J connectivity index is 2.22. The van der Waals surface area contributed by atoms with Crippen molar-refractivity contribution >= 4 is 30.1 Å². The number of unbranched alkanes of at least 4 members (excludes halogenated alkanes) is 2. The first-order valence-corrected chi connectivity index (χ1v) is 16.6. The van der Waals surface area contributed by atoms with Crippen LogP contribution in [0.1, 0.15) is 59.8 Å². The quantitative estimate of drug-likeness (QED) is 0.144. The van der Waals surface area contributed by atoms with Gasteiger partial charge in [-0.05, 0) is 0 Å². The molecule has 0 radical (unpaired) electrons. The van der Waals surface area contributed by atoms with Gasteiger partial charge in [-0.15, -0.1) is 0 Å². The first kappa shape index (κ1) is 22.6. The number of rotatable bonds is 7.